The minimum absolute atomic E-state index is 0.0657. The Kier molecular flexibility index (Phi) is 6.21. The number of furan rings is 1. The van der Waals surface area contributed by atoms with Gasteiger partial charge in [0.1, 0.15) is 11.2 Å². The summed E-state index contributed by atoms with van der Waals surface area (Å²) in [7, 11) is 0. The minimum Gasteiger partial charge on any atom is -0.455 e. The second-order valence-corrected chi connectivity index (χ2v) is 13.0. The third-order valence-electron chi connectivity index (χ3n) is 8.77. The zero-order valence-electron chi connectivity index (χ0n) is 24.8. The van der Waals surface area contributed by atoms with Gasteiger partial charge in [0.15, 0.2) is 0 Å². The molecule has 0 spiro atoms. The van der Waals surface area contributed by atoms with Crippen molar-refractivity contribution >= 4 is 21.9 Å². The monoisotopic (exact) mass is 515 g/mol. The van der Waals surface area contributed by atoms with Crippen molar-refractivity contribution in [1.82, 2.24) is 4.98 Å². The van der Waals surface area contributed by atoms with Gasteiger partial charge in [-0.3, -0.25) is 4.98 Å². The van der Waals surface area contributed by atoms with Gasteiger partial charge in [0.05, 0.1) is 5.69 Å². The van der Waals surface area contributed by atoms with Crippen LogP contribution in [0.1, 0.15) is 88.1 Å². The number of aryl methyl sites for hydroxylation is 2. The molecule has 2 aromatic heterocycles. The third kappa shape index (κ3) is 3.94. The van der Waals surface area contributed by atoms with E-state index in [1.54, 1.807) is 0 Å². The van der Waals surface area contributed by atoms with Gasteiger partial charge in [0, 0.05) is 33.5 Å². The fraction of sp³-hybridized carbons (Fsp3) is 0.378. The summed E-state index contributed by atoms with van der Waals surface area (Å²) >= 11 is 0. The van der Waals surface area contributed by atoms with E-state index in [1.807, 2.05) is 6.20 Å². The molecule has 2 heteroatoms. The van der Waals surface area contributed by atoms with Crippen LogP contribution in [-0.4, -0.2) is 4.98 Å². The van der Waals surface area contributed by atoms with Crippen molar-refractivity contribution in [3.05, 3.63) is 88.6 Å². The molecule has 0 fully saturated rings. The van der Waals surface area contributed by atoms with E-state index in [1.165, 1.54) is 49.7 Å². The predicted octanol–water partition coefficient (Wildman–Crippen LogP) is 10.7. The number of hydrogen-bond acceptors (Lipinski definition) is 2. The maximum absolute atomic E-state index is 7.10. The van der Waals surface area contributed by atoms with E-state index in [2.05, 4.69) is 110 Å². The number of nitrogens with zero attached hydrogens (tertiary/aromatic N) is 1. The van der Waals surface area contributed by atoms with Crippen LogP contribution >= 0.6 is 0 Å². The first-order chi connectivity index (χ1) is 18.6. The van der Waals surface area contributed by atoms with Gasteiger partial charge in [0.25, 0.3) is 0 Å². The number of rotatable bonds is 6. The molecule has 0 radical (unpaired) electrons. The number of hydrogen-bond donors (Lipinski definition) is 0. The molecule has 0 amide bonds. The second kappa shape index (κ2) is 9.37. The molecule has 0 atom stereocenters. The van der Waals surface area contributed by atoms with Crippen molar-refractivity contribution in [2.24, 2.45) is 11.8 Å². The molecule has 0 saturated heterocycles. The Bertz CT molecular complexity index is 1710. The molecule has 3 aromatic carbocycles. The molecule has 2 nitrogen and oxygen atoms in total. The first-order valence-electron chi connectivity index (χ1n) is 14.7. The predicted molar refractivity (Wildman–Crippen MR) is 166 cm³/mol. The fourth-order valence-electron chi connectivity index (χ4n) is 7.49. The second-order valence-electron chi connectivity index (χ2n) is 13.0. The molecule has 0 N–H and O–H groups in total. The summed E-state index contributed by atoms with van der Waals surface area (Å²) < 4.78 is 7.10. The van der Waals surface area contributed by atoms with Crippen molar-refractivity contribution in [3.63, 3.8) is 0 Å². The summed E-state index contributed by atoms with van der Waals surface area (Å²) in [4.78, 5) is 4.92. The van der Waals surface area contributed by atoms with E-state index in [0.29, 0.717) is 17.8 Å². The summed E-state index contributed by atoms with van der Waals surface area (Å²) in [6.45, 7) is 18.3. The lowest BCUT2D eigenvalue weighted by Gasteiger charge is -2.35. The number of pyridine rings is 1. The van der Waals surface area contributed by atoms with Gasteiger partial charge in [-0.25, -0.2) is 0 Å². The largest absolute Gasteiger partial charge is 0.455 e. The maximum Gasteiger partial charge on any atom is 0.145 e. The van der Waals surface area contributed by atoms with Gasteiger partial charge < -0.3 is 4.42 Å². The average molecular weight is 516 g/mol. The lowest BCUT2D eigenvalue weighted by atomic mass is 9.67. The Labute approximate surface area is 233 Å². The highest BCUT2D eigenvalue weighted by atomic mass is 16.3. The molecule has 39 heavy (non-hydrogen) atoms. The van der Waals surface area contributed by atoms with Gasteiger partial charge in [-0.15, -0.1) is 0 Å². The minimum atomic E-state index is -0.0657. The molecule has 200 valence electrons. The summed E-state index contributed by atoms with van der Waals surface area (Å²) in [6.07, 6.45) is 4.24. The van der Waals surface area contributed by atoms with Gasteiger partial charge in [0.2, 0.25) is 0 Å². The Morgan fingerprint density at radius 3 is 2.10 bits per heavy atom. The zero-order valence-corrected chi connectivity index (χ0v) is 24.8. The molecule has 1 aliphatic carbocycles. The fourth-order valence-corrected chi connectivity index (χ4v) is 7.49. The molecule has 0 unspecified atom stereocenters. The Morgan fingerprint density at radius 1 is 0.744 bits per heavy atom. The number of fused-ring (bicyclic) bond motifs is 7. The average Bonchev–Trinajstić information content (AvgIpc) is 3.37. The first kappa shape index (κ1) is 25.9. The van der Waals surface area contributed by atoms with E-state index >= 15 is 0 Å². The Balaban J connectivity index is 1.70. The molecule has 0 saturated carbocycles. The van der Waals surface area contributed by atoms with Gasteiger partial charge in [-0.2, -0.15) is 0 Å². The summed E-state index contributed by atoms with van der Waals surface area (Å²) in [6, 6.07) is 20.5. The molecule has 2 heterocycles. The highest BCUT2D eigenvalue weighted by Gasteiger charge is 2.46. The Morgan fingerprint density at radius 2 is 1.41 bits per heavy atom. The summed E-state index contributed by atoms with van der Waals surface area (Å²) in [5.41, 5.74) is 13.4. The van der Waals surface area contributed by atoms with Crippen LogP contribution in [0.3, 0.4) is 0 Å². The molecular weight excluding hydrogens is 474 g/mol. The third-order valence-corrected chi connectivity index (χ3v) is 8.77. The summed E-state index contributed by atoms with van der Waals surface area (Å²) in [5, 5.41) is 2.40. The smallest absolute Gasteiger partial charge is 0.145 e. The van der Waals surface area contributed by atoms with E-state index in [0.717, 1.165) is 35.3 Å². The Hall–Kier alpha value is -3.39. The molecular formula is C37H41NO. The lowest BCUT2D eigenvalue weighted by Crippen LogP contribution is -2.29. The quantitative estimate of drug-likeness (QED) is 0.225. The molecule has 0 bridgehead atoms. The first-order valence-corrected chi connectivity index (χ1v) is 14.7. The molecule has 1 aliphatic rings. The van der Waals surface area contributed by atoms with Gasteiger partial charge in [-0.1, -0.05) is 84.0 Å². The highest BCUT2D eigenvalue weighted by Crippen LogP contribution is 2.58. The van der Waals surface area contributed by atoms with E-state index in [-0.39, 0.29) is 5.41 Å². The zero-order chi connectivity index (χ0) is 27.6. The lowest BCUT2D eigenvalue weighted by molar-refractivity contribution is 0.337. The molecule has 6 rings (SSSR count). The van der Waals surface area contributed by atoms with Crippen molar-refractivity contribution in [2.75, 3.05) is 0 Å². The van der Waals surface area contributed by atoms with Crippen LogP contribution in [-0.2, 0) is 5.41 Å². The van der Waals surface area contributed by atoms with Crippen LogP contribution in [0.4, 0.5) is 0 Å². The molecule has 0 aliphatic heterocycles. The van der Waals surface area contributed by atoms with Gasteiger partial charge in [-0.05, 0) is 90.0 Å². The van der Waals surface area contributed by atoms with E-state index < -0.39 is 0 Å². The topological polar surface area (TPSA) is 26.0 Å². The van der Waals surface area contributed by atoms with Crippen LogP contribution < -0.4 is 0 Å². The maximum atomic E-state index is 7.10. The van der Waals surface area contributed by atoms with Crippen LogP contribution in [0, 0.1) is 25.7 Å². The molecule has 5 aromatic rings. The van der Waals surface area contributed by atoms with Crippen molar-refractivity contribution < 1.29 is 4.42 Å². The van der Waals surface area contributed by atoms with Crippen LogP contribution in [0.2, 0.25) is 0 Å². The summed E-state index contributed by atoms with van der Waals surface area (Å²) in [5.74, 6) is 1.56. The van der Waals surface area contributed by atoms with Gasteiger partial charge >= 0.3 is 0 Å². The SMILES string of the molecule is Cc1cnc(-c2c(C)ccc3c2oc2c4c(ccc23)-c2ccccc2C4(CC(C)C)CC(C)C)cc1C(C)C. The number of benzene rings is 3. The van der Waals surface area contributed by atoms with Crippen molar-refractivity contribution in [2.45, 2.75) is 79.6 Å². The van der Waals surface area contributed by atoms with Crippen LogP contribution in [0.25, 0.3) is 44.3 Å². The van der Waals surface area contributed by atoms with E-state index in [9.17, 15) is 0 Å². The van der Waals surface area contributed by atoms with Crippen molar-refractivity contribution in [3.8, 4) is 22.4 Å². The standard InChI is InChI=1S/C37H41NO/c1-21(2)18-37(19-22(3)4)31-12-10-9-11-26(31)27-15-16-29-28-14-13-24(7)33(35(28)39-36(29)34(27)37)32-17-30(23(5)6)25(8)20-38-32/h9-17,20-23H,18-19H2,1-8H3. The number of aromatic nitrogens is 1. The highest BCUT2D eigenvalue weighted by molar-refractivity contribution is 6.13. The van der Waals surface area contributed by atoms with Crippen molar-refractivity contribution in [1.29, 1.82) is 0 Å². The van der Waals surface area contributed by atoms with Crippen LogP contribution in [0.15, 0.2) is 65.2 Å². The van der Waals surface area contributed by atoms with E-state index in [4.69, 9.17) is 9.40 Å². The normalized spacial score (nSPS) is 14.2. The van der Waals surface area contributed by atoms with Crippen LogP contribution in [0.5, 0.6) is 0 Å².